The van der Waals surface area contributed by atoms with Crippen LogP contribution in [0.25, 0.3) is 10.9 Å². The number of nitrogens with two attached hydrogens (primary N) is 1. The van der Waals surface area contributed by atoms with Crippen LogP contribution in [0.15, 0.2) is 18.3 Å². The topological polar surface area (TPSA) is 51.8 Å². The van der Waals surface area contributed by atoms with Gasteiger partial charge in [0, 0.05) is 6.20 Å². The molecule has 0 aliphatic rings. The smallest absolute Gasteiger partial charge is 0.220 e. The van der Waals surface area contributed by atoms with Gasteiger partial charge in [0.05, 0.1) is 10.9 Å². The highest BCUT2D eigenvalue weighted by Crippen LogP contribution is 2.13. The van der Waals surface area contributed by atoms with Crippen molar-refractivity contribution in [1.29, 1.82) is 0 Å². The van der Waals surface area contributed by atoms with E-state index in [4.69, 9.17) is 13.6 Å². The number of nitrogens with zero attached hydrogens (tertiary/aromatic N) is 2. The monoisotopic (exact) mass is 173 g/mol. The fourth-order valence-electron chi connectivity index (χ4n) is 1.13. The Morgan fingerprint density at radius 2 is 2.15 bits per heavy atom. The van der Waals surface area contributed by atoms with Crippen LogP contribution in [0.2, 0.25) is 0 Å². The van der Waals surface area contributed by atoms with Crippen LogP contribution in [0, 0.1) is 5.82 Å². The van der Waals surface area contributed by atoms with E-state index < -0.39 is 5.82 Å². The Morgan fingerprint density at radius 3 is 2.92 bits per heavy atom. The van der Waals surface area contributed by atoms with Gasteiger partial charge in [-0.1, -0.05) is 5.46 Å². The van der Waals surface area contributed by atoms with E-state index in [1.165, 1.54) is 12.3 Å². The lowest BCUT2D eigenvalue weighted by atomic mass is 9.95. The standard InChI is InChI=1S/C8H5BFN3/c9-4-1-6(10)5-3-12-8(11)13-7(5)2-4/h1-3H,(H2,11,12,13). The molecular weight excluding hydrogens is 168 g/mol. The lowest BCUT2D eigenvalue weighted by Gasteiger charge is -2.00. The second kappa shape index (κ2) is 2.69. The first-order valence-electron chi connectivity index (χ1n) is 3.64. The molecule has 0 saturated carbocycles. The van der Waals surface area contributed by atoms with E-state index in [0.717, 1.165) is 0 Å². The van der Waals surface area contributed by atoms with Gasteiger partial charge in [0.1, 0.15) is 13.7 Å². The molecule has 0 saturated heterocycles. The van der Waals surface area contributed by atoms with E-state index in [1.54, 1.807) is 6.07 Å². The summed E-state index contributed by atoms with van der Waals surface area (Å²) in [6, 6.07) is 2.78. The maximum Gasteiger partial charge on any atom is 0.220 e. The van der Waals surface area contributed by atoms with Crippen LogP contribution in [0.3, 0.4) is 0 Å². The SMILES string of the molecule is [B]c1cc(F)c2cnc(N)nc2c1. The zero-order valence-corrected chi connectivity index (χ0v) is 6.66. The molecule has 1 heterocycles. The molecule has 0 fully saturated rings. The molecule has 0 aliphatic heterocycles. The maximum atomic E-state index is 13.2. The molecule has 2 rings (SSSR count). The van der Waals surface area contributed by atoms with Gasteiger partial charge >= 0.3 is 0 Å². The van der Waals surface area contributed by atoms with Crippen molar-refractivity contribution in [3.63, 3.8) is 0 Å². The lowest BCUT2D eigenvalue weighted by molar-refractivity contribution is 0.640. The van der Waals surface area contributed by atoms with Crippen LogP contribution >= 0.6 is 0 Å². The van der Waals surface area contributed by atoms with Gasteiger partial charge in [-0.15, -0.1) is 0 Å². The van der Waals surface area contributed by atoms with Gasteiger partial charge < -0.3 is 5.73 Å². The van der Waals surface area contributed by atoms with Crippen molar-refractivity contribution < 1.29 is 4.39 Å². The Kier molecular flexibility index (Phi) is 1.65. The zero-order chi connectivity index (χ0) is 9.42. The quantitative estimate of drug-likeness (QED) is 0.576. The maximum absolute atomic E-state index is 13.2. The molecule has 3 nitrogen and oxygen atoms in total. The number of hydrogen-bond acceptors (Lipinski definition) is 3. The minimum atomic E-state index is -0.435. The highest BCUT2D eigenvalue weighted by atomic mass is 19.1. The number of rotatable bonds is 0. The molecule has 5 heteroatoms. The Hall–Kier alpha value is -1.65. The van der Waals surface area contributed by atoms with Gasteiger partial charge in [0.25, 0.3) is 0 Å². The predicted octanol–water partition coefficient (Wildman–Crippen LogP) is 0.145. The number of fused-ring (bicyclic) bond motifs is 1. The Labute approximate surface area is 75.2 Å². The molecule has 0 amide bonds. The summed E-state index contributed by atoms with van der Waals surface area (Å²) in [6.45, 7) is 0. The Balaban J connectivity index is 2.86. The van der Waals surface area contributed by atoms with Crippen LogP contribution in [-0.4, -0.2) is 17.8 Å². The fraction of sp³-hybridized carbons (Fsp3) is 0. The number of hydrogen-bond donors (Lipinski definition) is 1. The van der Waals surface area contributed by atoms with Gasteiger partial charge in [-0.3, -0.25) is 0 Å². The zero-order valence-electron chi connectivity index (χ0n) is 6.66. The molecule has 1 aromatic carbocycles. The third kappa shape index (κ3) is 1.33. The minimum absolute atomic E-state index is 0.109. The first-order chi connectivity index (χ1) is 6.16. The summed E-state index contributed by atoms with van der Waals surface area (Å²) in [5.41, 5.74) is 6.08. The van der Waals surface area contributed by atoms with Crippen molar-refractivity contribution in [3.05, 3.63) is 24.1 Å². The molecule has 1 aromatic heterocycles. The van der Waals surface area contributed by atoms with Crippen molar-refractivity contribution in [2.24, 2.45) is 0 Å². The van der Waals surface area contributed by atoms with E-state index >= 15 is 0 Å². The van der Waals surface area contributed by atoms with Gasteiger partial charge in [-0.25, -0.2) is 14.4 Å². The van der Waals surface area contributed by atoms with Crippen LogP contribution < -0.4 is 11.2 Å². The van der Waals surface area contributed by atoms with Crippen molar-refractivity contribution in [3.8, 4) is 0 Å². The van der Waals surface area contributed by atoms with E-state index in [0.29, 0.717) is 16.4 Å². The number of benzene rings is 1. The summed E-state index contributed by atoms with van der Waals surface area (Å²) in [7, 11) is 5.43. The van der Waals surface area contributed by atoms with Crippen molar-refractivity contribution in [2.45, 2.75) is 0 Å². The minimum Gasteiger partial charge on any atom is -0.368 e. The van der Waals surface area contributed by atoms with Gasteiger partial charge in [-0.2, -0.15) is 0 Å². The first kappa shape index (κ1) is 7.98. The highest BCUT2D eigenvalue weighted by Gasteiger charge is 2.03. The second-order valence-corrected chi connectivity index (χ2v) is 2.66. The van der Waals surface area contributed by atoms with Crippen molar-refractivity contribution >= 4 is 30.2 Å². The van der Waals surface area contributed by atoms with Gasteiger partial charge in [-0.05, 0) is 12.1 Å². The molecule has 13 heavy (non-hydrogen) atoms. The second-order valence-electron chi connectivity index (χ2n) is 2.66. The van der Waals surface area contributed by atoms with Crippen LogP contribution in [0.4, 0.5) is 10.3 Å². The summed E-state index contributed by atoms with van der Waals surface area (Å²) < 4.78 is 13.2. The predicted molar refractivity (Wildman–Crippen MR) is 49.3 cm³/mol. The molecule has 0 atom stereocenters. The van der Waals surface area contributed by atoms with Crippen LogP contribution in [0.1, 0.15) is 0 Å². The lowest BCUT2D eigenvalue weighted by Crippen LogP contribution is -2.05. The molecule has 2 radical (unpaired) electrons. The summed E-state index contributed by atoms with van der Waals surface area (Å²) in [6.07, 6.45) is 1.34. The van der Waals surface area contributed by atoms with E-state index in [2.05, 4.69) is 9.97 Å². The summed E-state index contributed by atoms with van der Waals surface area (Å²) in [4.78, 5) is 7.53. The molecule has 2 N–H and O–H groups in total. The third-order valence-electron chi connectivity index (χ3n) is 1.69. The summed E-state index contributed by atoms with van der Waals surface area (Å²) >= 11 is 0. The molecule has 0 spiro atoms. The van der Waals surface area contributed by atoms with Crippen molar-refractivity contribution in [1.82, 2.24) is 9.97 Å². The third-order valence-corrected chi connectivity index (χ3v) is 1.69. The van der Waals surface area contributed by atoms with E-state index in [1.807, 2.05) is 0 Å². The number of nitrogen functional groups attached to an aromatic ring is 1. The molecule has 2 aromatic rings. The first-order valence-corrected chi connectivity index (χ1v) is 3.64. The molecule has 62 valence electrons. The Bertz CT molecular complexity index is 467. The summed E-state index contributed by atoms with van der Waals surface area (Å²) in [5, 5.41) is 0.323. The molecule has 0 aliphatic carbocycles. The molecule has 0 bridgehead atoms. The van der Waals surface area contributed by atoms with Crippen LogP contribution in [0.5, 0.6) is 0 Å². The van der Waals surface area contributed by atoms with Gasteiger partial charge in [0.2, 0.25) is 5.95 Å². The fourth-order valence-corrected chi connectivity index (χ4v) is 1.13. The average molecular weight is 173 g/mol. The normalized spacial score (nSPS) is 10.5. The number of aromatic nitrogens is 2. The Morgan fingerprint density at radius 1 is 1.38 bits per heavy atom. The number of anilines is 1. The van der Waals surface area contributed by atoms with Crippen molar-refractivity contribution in [2.75, 3.05) is 5.73 Å². The molecule has 0 unspecified atom stereocenters. The summed E-state index contributed by atoms with van der Waals surface area (Å²) in [5.74, 6) is -0.326. The van der Waals surface area contributed by atoms with E-state index in [9.17, 15) is 4.39 Å². The van der Waals surface area contributed by atoms with Crippen LogP contribution in [-0.2, 0) is 0 Å². The van der Waals surface area contributed by atoms with E-state index in [-0.39, 0.29) is 5.95 Å². The highest BCUT2D eigenvalue weighted by molar-refractivity contribution is 6.33. The number of halogens is 1. The van der Waals surface area contributed by atoms with Gasteiger partial charge in [0.15, 0.2) is 0 Å². The average Bonchev–Trinajstić information content (AvgIpc) is 2.02. The molecular formula is C8H5BFN3. The largest absolute Gasteiger partial charge is 0.368 e.